The van der Waals surface area contributed by atoms with Crippen molar-refractivity contribution in [1.82, 2.24) is 20.2 Å². The number of benzene rings is 1. The van der Waals surface area contributed by atoms with Crippen LogP contribution in [0.3, 0.4) is 0 Å². The molecule has 3 aromatic rings. The average molecular weight is 350 g/mol. The van der Waals surface area contributed by atoms with Gasteiger partial charge < -0.3 is 15.3 Å². The van der Waals surface area contributed by atoms with E-state index in [-0.39, 0.29) is 17.5 Å². The average Bonchev–Trinajstić information content (AvgIpc) is 3.27. The number of carbonyl (C=O) groups excluding carboxylic acids is 1. The van der Waals surface area contributed by atoms with E-state index in [1.165, 1.54) is 5.56 Å². The van der Waals surface area contributed by atoms with Crippen molar-refractivity contribution in [2.75, 3.05) is 13.1 Å². The Morgan fingerprint density at radius 3 is 2.85 bits per heavy atom. The predicted molar refractivity (Wildman–Crippen MR) is 101 cm³/mol. The van der Waals surface area contributed by atoms with Crippen LogP contribution in [0, 0.1) is 6.92 Å². The van der Waals surface area contributed by atoms with Crippen LogP contribution in [0.1, 0.15) is 27.9 Å². The zero-order valence-corrected chi connectivity index (χ0v) is 14.7. The van der Waals surface area contributed by atoms with Crippen molar-refractivity contribution in [1.29, 1.82) is 0 Å². The van der Waals surface area contributed by atoms with Gasteiger partial charge in [-0.05, 0) is 24.5 Å². The Morgan fingerprint density at radius 1 is 1.23 bits per heavy atom. The minimum Gasteiger partial charge on any atom is -0.360 e. The van der Waals surface area contributed by atoms with E-state index in [1.807, 2.05) is 25.1 Å². The van der Waals surface area contributed by atoms with Crippen LogP contribution >= 0.6 is 0 Å². The largest absolute Gasteiger partial charge is 0.360 e. The lowest BCUT2D eigenvalue weighted by atomic mass is 10.1. The molecule has 2 aromatic heterocycles. The van der Waals surface area contributed by atoms with E-state index in [9.17, 15) is 9.59 Å². The number of aromatic amines is 2. The molecule has 6 nitrogen and oxygen atoms in total. The molecule has 1 saturated heterocycles. The van der Waals surface area contributed by atoms with Crippen LogP contribution < -0.4 is 10.9 Å². The Labute approximate surface area is 151 Å². The number of amides is 1. The van der Waals surface area contributed by atoms with Crippen molar-refractivity contribution in [2.24, 2.45) is 0 Å². The number of nitrogens with one attached hydrogen (secondary N) is 3. The highest BCUT2D eigenvalue weighted by molar-refractivity contribution is 6.07. The number of aryl methyl sites for hydroxylation is 1. The Bertz CT molecular complexity index is 990. The first-order chi connectivity index (χ1) is 12.6. The Kier molecular flexibility index (Phi) is 4.34. The smallest absolute Gasteiger partial charge is 0.258 e. The highest BCUT2D eigenvalue weighted by atomic mass is 16.2. The van der Waals surface area contributed by atoms with Gasteiger partial charge in [0.2, 0.25) is 0 Å². The third-order valence-electron chi connectivity index (χ3n) is 5.02. The van der Waals surface area contributed by atoms with Gasteiger partial charge in [0, 0.05) is 38.1 Å². The van der Waals surface area contributed by atoms with Crippen molar-refractivity contribution in [2.45, 2.75) is 25.9 Å². The molecule has 3 heterocycles. The first-order valence-electron chi connectivity index (χ1n) is 8.88. The minimum atomic E-state index is -0.242. The van der Waals surface area contributed by atoms with E-state index >= 15 is 0 Å². The van der Waals surface area contributed by atoms with Crippen LogP contribution in [0.5, 0.6) is 0 Å². The summed E-state index contributed by atoms with van der Waals surface area (Å²) in [4.78, 5) is 32.9. The summed E-state index contributed by atoms with van der Waals surface area (Å²) < 4.78 is 0. The topological polar surface area (TPSA) is 81.0 Å². The Hall–Kier alpha value is -2.86. The molecule has 26 heavy (non-hydrogen) atoms. The number of likely N-dealkylation sites (tertiary alicyclic amines) is 1. The van der Waals surface area contributed by atoms with E-state index in [0.717, 1.165) is 37.1 Å². The summed E-state index contributed by atoms with van der Waals surface area (Å²) in [5.74, 6) is -0.195. The fraction of sp³-hybridized carbons (Fsp3) is 0.300. The van der Waals surface area contributed by atoms with Gasteiger partial charge in [-0.2, -0.15) is 0 Å². The van der Waals surface area contributed by atoms with Gasteiger partial charge >= 0.3 is 0 Å². The number of rotatable bonds is 4. The molecular formula is C20H22N4O2. The van der Waals surface area contributed by atoms with Crippen LogP contribution in [0.25, 0.3) is 10.9 Å². The molecule has 0 radical (unpaired) electrons. The molecule has 1 aliphatic heterocycles. The van der Waals surface area contributed by atoms with Crippen molar-refractivity contribution >= 4 is 16.8 Å². The maximum atomic E-state index is 12.7. The van der Waals surface area contributed by atoms with E-state index in [2.05, 4.69) is 32.3 Å². The molecule has 1 unspecified atom stereocenters. The second-order valence-corrected chi connectivity index (χ2v) is 6.93. The SMILES string of the molecule is Cc1c[nH]c(=O)c2c(C(=O)NC3CCN(Cc4ccccc4)C3)c[nH]c12. The molecule has 4 rings (SSSR count). The lowest BCUT2D eigenvalue weighted by molar-refractivity contribution is 0.0939. The number of aromatic nitrogens is 2. The molecule has 6 heteroatoms. The molecular weight excluding hydrogens is 328 g/mol. The first-order valence-corrected chi connectivity index (χ1v) is 8.88. The van der Waals surface area contributed by atoms with E-state index in [0.29, 0.717) is 10.9 Å². The third kappa shape index (κ3) is 3.15. The lowest BCUT2D eigenvalue weighted by Crippen LogP contribution is -2.37. The van der Waals surface area contributed by atoms with Crippen molar-refractivity contribution in [3.63, 3.8) is 0 Å². The standard InChI is InChI=1S/C20H22N4O2/c1-13-9-22-20(26)17-16(10-21-18(13)17)19(25)23-15-7-8-24(12-15)11-14-5-3-2-4-6-14/h2-6,9-10,15,21H,7-8,11-12H2,1H3,(H,22,26)(H,23,25). The van der Waals surface area contributed by atoms with Crippen LogP contribution in [0.2, 0.25) is 0 Å². The molecule has 0 aliphatic carbocycles. The molecule has 1 fully saturated rings. The third-order valence-corrected chi connectivity index (χ3v) is 5.02. The highest BCUT2D eigenvalue weighted by Gasteiger charge is 2.25. The number of H-pyrrole nitrogens is 2. The van der Waals surface area contributed by atoms with Crippen LogP contribution in [0.4, 0.5) is 0 Å². The number of hydrogen-bond acceptors (Lipinski definition) is 3. The summed E-state index contributed by atoms with van der Waals surface area (Å²) in [7, 11) is 0. The van der Waals surface area contributed by atoms with Gasteiger partial charge in [0.15, 0.2) is 0 Å². The highest BCUT2D eigenvalue weighted by Crippen LogP contribution is 2.18. The molecule has 1 aromatic carbocycles. The number of fused-ring (bicyclic) bond motifs is 1. The van der Waals surface area contributed by atoms with Gasteiger partial charge in [-0.3, -0.25) is 14.5 Å². The fourth-order valence-electron chi connectivity index (χ4n) is 3.67. The molecule has 1 amide bonds. The lowest BCUT2D eigenvalue weighted by Gasteiger charge is -2.16. The van der Waals surface area contributed by atoms with Crippen molar-refractivity contribution < 1.29 is 4.79 Å². The van der Waals surface area contributed by atoms with E-state index in [1.54, 1.807) is 12.4 Å². The Morgan fingerprint density at radius 2 is 2.04 bits per heavy atom. The van der Waals surface area contributed by atoms with Gasteiger partial charge in [0.05, 0.1) is 16.5 Å². The maximum absolute atomic E-state index is 12.7. The molecule has 3 N–H and O–H groups in total. The van der Waals surface area contributed by atoms with Gasteiger partial charge in [-0.15, -0.1) is 0 Å². The molecule has 1 aliphatic rings. The number of hydrogen-bond donors (Lipinski definition) is 3. The van der Waals surface area contributed by atoms with Crippen LogP contribution in [0.15, 0.2) is 47.5 Å². The van der Waals surface area contributed by atoms with Crippen LogP contribution in [-0.2, 0) is 6.54 Å². The normalized spacial score (nSPS) is 17.7. The van der Waals surface area contributed by atoms with Gasteiger partial charge in [-0.25, -0.2) is 0 Å². The summed E-state index contributed by atoms with van der Waals surface area (Å²) >= 11 is 0. The summed E-state index contributed by atoms with van der Waals surface area (Å²) in [6, 6.07) is 10.4. The zero-order chi connectivity index (χ0) is 18.1. The first kappa shape index (κ1) is 16.6. The molecule has 134 valence electrons. The summed E-state index contributed by atoms with van der Waals surface area (Å²) in [6.45, 7) is 4.56. The maximum Gasteiger partial charge on any atom is 0.258 e. The minimum absolute atomic E-state index is 0.0973. The second-order valence-electron chi connectivity index (χ2n) is 6.93. The predicted octanol–water partition coefficient (Wildman–Crippen LogP) is 2.17. The number of nitrogens with zero attached hydrogens (tertiary/aromatic N) is 1. The molecule has 0 spiro atoms. The molecule has 0 saturated carbocycles. The molecule has 0 bridgehead atoms. The van der Waals surface area contributed by atoms with E-state index < -0.39 is 0 Å². The number of pyridine rings is 1. The Balaban J connectivity index is 1.45. The quantitative estimate of drug-likeness (QED) is 0.674. The second kappa shape index (κ2) is 6.80. The van der Waals surface area contributed by atoms with Gasteiger partial charge in [0.25, 0.3) is 11.5 Å². The number of carbonyl (C=O) groups is 1. The van der Waals surface area contributed by atoms with Crippen molar-refractivity contribution in [3.8, 4) is 0 Å². The molecule has 1 atom stereocenters. The van der Waals surface area contributed by atoms with Crippen molar-refractivity contribution in [3.05, 3.63) is 69.8 Å². The summed E-state index contributed by atoms with van der Waals surface area (Å²) in [5.41, 5.74) is 3.07. The zero-order valence-electron chi connectivity index (χ0n) is 14.7. The monoisotopic (exact) mass is 350 g/mol. The fourth-order valence-corrected chi connectivity index (χ4v) is 3.67. The van der Waals surface area contributed by atoms with Gasteiger partial charge in [0.1, 0.15) is 0 Å². The summed E-state index contributed by atoms with van der Waals surface area (Å²) in [5, 5.41) is 3.51. The van der Waals surface area contributed by atoms with Crippen LogP contribution in [-0.4, -0.2) is 39.9 Å². The van der Waals surface area contributed by atoms with Gasteiger partial charge in [-0.1, -0.05) is 30.3 Å². The summed E-state index contributed by atoms with van der Waals surface area (Å²) in [6.07, 6.45) is 4.19. The van der Waals surface area contributed by atoms with E-state index in [4.69, 9.17) is 0 Å².